The van der Waals surface area contributed by atoms with Gasteiger partial charge in [-0.05, 0) is 30.7 Å². The second-order valence-corrected chi connectivity index (χ2v) is 4.56. The molecule has 0 amide bonds. The van der Waals surface area contributed by atoms with Crippen molar-refractivity contribution in [1.82, 2.24) is 4.98 Å². The highest BCUT2D eigenvalue weighted by Gasteiger charge is 2.23. The van der Waals surface area contributed by atoms with Crippen LogP contribution < -0.4 is 4.74 Å². The third-order valence-electron chi connectivity index (χ3n) is 2.97. The van der Waals surface area contributed by atoms with Crippen LogP contribution in [0, 0.1) is 11.3 Å². The maximum absolute atomic E-state index is 12.5. The van der Waals surface area contributed by atoms with Gasteiger partial charge in [-0.15, -0.1) is 0 Å². The fraction of sp³-hybridized carbons (Fsp3) is 0.235. The fourth-order valence-electron chi connectivity index (χ4n) is 1.93. The van der Waals surface area contributed by atoms with E-state index in [-0.39, 0.29) is 5.78 Å². The molecule has 1 heterocycles. The Morgan fingerprint density at radius 2 is 2.19 bits per heavy atom. The molecule has 0 spiro atoms. The molecule has 1 unspecified atom stereocenters. The van der Waals surface area contributed by atoms with Gasteiger partial charge in [0.1, 0.15) is 5.75 Å². The van der Waals surface area contributed by atoms with Gasteiger partial charge in [0.15, 0.2) is 11.7 Å². The number of nitrogens with zero attached hydrogens (tertiary/aromatic N) is 2. The Balaban J connectivity index is 2.24. The number of hydrogen-bond acceptors (Lipinski definition) is 4. The molecule has 0 saturated heterocycles. The fourth-order valence-corrected chi connectivity index (χ4v) is 1.93. The van der Waals surface area contributed by atoms with E-state index >= 15 is 0 Å². The second kappa shape index (κ2) is 7.20. The summed E-state index contributed by atoms with van der Waals surface area (Å²) in [6, 6.07) is 14.1. The molecule has 2 aromatic rings. The summed E-state index contributed by atoms with van der Waals surface area (Å²) in [6.45, 7) is 2.61. The van der Waals surface area contributed by atoms with Gasteiger partial charge in [0.25, 0.3) is 0 Å². The standard InChI is InChI=1S/C17H16N2O2/c1-2-10-21-14-7-5-6-13(11-14)17(20)15(12-18)16-8-3-4-9-19-16/h3-9,11,15H,2,10H2,1H3. The van der Waals surface area contributed by atoms with E-state index in [0.717, 1.165) is 6.42 Å². The van der Waals surface area contributed by atoms with Gasteiger partial charge in [-0.2, -0.15) is 5.26 Å². The van der Waals surface area contributed by atoms with Crippen molar-refractivity contribution >= 4 is 5.78 Å². The Kier molecular flexibility index (Phi) is 5.05. The molecule has 0 fully saturated rings. The van der Waals surface area contributed by atoms with E-state index < -0.39 is 5.92 Å². The minimum atomic E-state index is -0.896. The van der Waals surface area contributed by atoms with Gasteiger partial charge >= 0.3 is 0 Å². The molecule has 4 heteroatoms. The number of ketones is 1. The predicted molar refractivity (Wildman–Crippen MR) is 79.1 cm³/mol. The van der Waals surface area contributed by atoms with Gasteiger partial charge in [0.05, 0.1) is 18.4 Å². The molecule has 0 N–H and O–H groups in total. The van der Waals surface area contributed by atoms with Crippen LogP contribution in [0.3, 0.4) is 0 Å². The van der Waals surface area contributed by atoms with Gasteiger partial charge in [0.2, 0.25) is 0 Å². The van der Waals surface area contributed by atoms with Crippen LogP contribution in [0.25, 0.3) is 0 Å². The number of carbonyl (C=O) groups excluding carboxylic acids is 1. The summed E-state index contributed by atoms with van der Waals surface area (Å²) >= 11 is 0. The van der Waals surface area contributed by atoms with Crippen molar-refractivity contribution in [3.63, 3.8) is 0 Å². The number of benzene rings is 1. The quantitative estimate of drug-likeness (QED) is 0.761. The van der Waals surface area contributed by atoms with Crippen LogP contribution in [0.5, 0.6) is 5.75 Å². The van der Waals surface area contributed by atoms with E-state index in [4.69, 9.17) is 4.74 Å². The summed E-state index contributed by atoms with van der Waals surface area (Å²) in [7, 11) is 0. The summed E-state index contributed by atoms with van der Waals surface area (Å²) in [4.78, 5) is 16.6. The molecule has 1 aromatic carbocycles. The van der Waals surface area contributed by atoms with E-state index in [0.29, 0.717) is 23.6 Å². The first-order chi connectivity index (χ1) is 10.3. The lowest BCUT2D eigenvalue weighted by Gasteiger charge is -2.09. The number of rotatable bonds is 6. The highest BCUT2D eigenvalue weighted by atomic mass is 16.5. The summed E-state index contributed by atoms with van der Waals surface area (Å²) < 4.78 is 5.51. The molecule has 21 heavy (non-hydrogen) atoms. The zero-order chi connectivity index (χ0) is 15.1. The second-order valence-electron chi connectivity index (χ2n) is 4.56. The number of ether oxygens (including phenoxy) is 1. The number of Topliss-reactive ketones (excluding diaryl/α,β-unsaturated/α-hetero) is 1. The predicted octanol–water partition coefficient (Wildman–Crippen LogP) is 3.36. The van der Waals surface area contributed by atoms with Crippen molar-refractivity contribution in [3.8, 4) is 11.8 Å². The molecule has 0 radical (unpaired) electrons. The maximum atomic E-state index is 12.5. The highest BCUT2D eigenvalue weighted by Crippen LogP contribution is 2.21. The lowest BCUT2D eigenvalue weighted by molar-refractivity contribution is 0.0977. The number of carbonyl (C=O) groups is 1. The number of aromatic nitrogens is 1. The van der Waals surface area contributed by atoms with Gasteiger partial charge in [-0.1, -0.05) is 25.1 Å². The van der Waals surface area contributed by atoms with Crippen molar-refractivity contribution in [2.24, 2.45) is 0 Å². The zero-order valence-corrected chi connectivity index (χ0v) is 11.8. The Hall–Kier alpha value is -2.67. The van der Waals surface area contributed by atoms with Crippen LogP contribution in [0.1, 0.15) is 35.3 Å². The Morgan fingerprint density at radius 3 is 2.86 bits per heavy atom. The number of pyridine rings is 1. The molecule has 106 valence electrons. The monoisotopic (exact) mass is 280 g/mol. The number of nitriles is 1. The zero-order valence-electron chi connectivity index (χ0n) is 11.8. The van der Waals surface area contributed by atoms with E-state index in [1.54, 1.807) is 48.7 Å². The third kappa shape index (κ3) is 3.67. The molecule has 0 aliphatic carbocycles. The first-order valence-electron chi connectivity index (χ1n) is 6.84. The van der Waals surface area contributed by atoms with Crippen molar-refractivity contribution in [1.29, 1.82) is 5.26 Å². The lowest BCUT2D eigenvalue weighted by Crippen LogP contribution is -2.12. The summed E-state index contributed by atoms with van der Waals surface area (Å²) in [5.74, 6) is -0.522. The molecular formula is C17H16N2O2. The van der Waals surface area contributed by atoms with Crippen LogP contribution in [0.2, 0.25) is 0 Å². The number of hydrogen-bond donors (Lipinski definition) is 0. The van der Waals surface area contributed by atoms with Gasteiger partial charge in [0, 0.05) is 11.8 Å². The van der Waals surface area contributed by atoms with Crippen LogP contribution in [-0.2, 0) is 0 Å². The molecule has 0 aliphatic rings. The molecule has 1 atom stereocenters. The van der Waals surface area contributed by atoms with Crippen molar-refractivity contribution in [2.45, 2.75) is 19.3 Å². The molecule has 2 rings (SSSR count). The average Bonchev–Trinajstić information content (AvgIpc) is 2.55. The Morgan fingerprint density at radius 1 is 1.33 bits per heavy atom. The first kappa shape index (κ1) is 14.7. The topological polar surface area (TPSA) is 63.0 Å². The van der Waals surface area contributed by atoms with Gasteiger partial charge < -0.3 is 4.74 Å². The highest BCUT2D eigenvalue weighted by molar-refractivity contribution is 6.02. The van der Waals surface area contributed by atoms with Crippen molar-refractivity contribution in [2.75, 3.05) is 6.61 Å². The van der Waals surface area contributed by atoms with E-state index in [1.807, 2.05) is 13.0 Å². The normalized spacial score (nSPS) is 11.4. The third-order valence-corrected chi connectivity index (χ3v) is 2.97. The van der Waals surface area contributed by atoms with Crippen LogP contribution >= 0.6 is 0 Å². The molecule has 4 nitrogen and oxygen atoms in total. The Labute approximate surface area is 124 Å². The van der Waals surface area contributed by atoms with Crippen molar-refractivity contribution in [3.05, 3.63) is 59.9 Å². The SMILES string of the molecule is CCCOc1cccc(C(=O)C(C#N)c2ccccn2)c1. The van der Waals surface area contributed by atoms with E-state index in [2.05, 4.69) is 4.98 Å². The first-order valence-corrected chi connectivity index (χ1v) is 6.84. The largest absolute Gasteiger partial charge is 0.494 e. The molecule has 0 aliphatic heterocycles. The van der Waals surface area contributed by atoms with Gasteiger partial charge in [-0.25, -0.2) is 0 Å². The minimum absolute atomic E-state index is 0.266. The van der Waals surface area contributed by atoms with Crippen LogP contribution in [0.4, 0.5) is 0 Å². The summed E-state index contributed by atoms with van der Waals surface area (Å²) in [5.41, 5.74) is 0.922. The molecule has 1 aromatic heterocycles. The van der Waals surface area contributed by atoms with Crippen LogP contribution in [0.15, 0.2) is 48.7 Å². The Bertz CT molecular complexity index is 647. The van der Waals surface area contributed by atoms with Gasteiger partial charge in [-0.3, -0.25) is 9.78 Å². The summed E-state index contributed by atoms with van der Waals surface area (Å²) in [6.07, 6.45) is 2.47. The molecule has 0 bridgehead atoms. The maximum Gasteiger partial charge on any atom is 0.186 e. The van der Waals surface area contributed by atoms with Crippen LogP contribution in [-0.4, -0.2) is 17.4 Å². The smallest absolute Gasteiger partial charge is 0.186 e. The lowest BCUT2D eigenvalue weighted by atomic mass is 9.95. The summed E-state index contributed by atoms with van der Waals surface area (Å²) in [5, 5.41) is 9.28. The minimum Gasteiger partial charge on any atom is -0.494 e. The van der Waals surface area contributed by atoms with Crippen molar-refractivity contribution < 1.29 is 9.53 Å². The van der Waals surface area contributed by atoms with E-state index in [1.165, 1.54) is 0 Å². The molecule has 0 saturated carbocycles. The average molecular weight is 280 g/mol. The van der Waals surface area contributed by atoms with E-state index in [9.17, 15) is 10.1 Å². The molecular weight excluding hydrogens is 264 g/mol.